The second-order valence-corrected chi connectivity index (χ2v) is 3.38. The van der Waals surface area contributed by atoms with Gasteiger partial charge in [-0.25, -0.2) is 8.78 Å². The van der Waals surface area contributed by atoms with Gasteiger partial charge in [-0.15, -0.1) is 0 Å². The molecule has 0 aliphatic carbocycles. The standard InChI is InChI=1S/C12H9F2N/c1-8-4-9(7-15-6-8)11-3-2-10(13)5-12(11)14/h2-7H,1H3. The van der Waals surface area contributed by atoms with Crippen LogP contribution in [0.2, 0.25) is 0 Å². The van der Waals surface area contributed by atoms with E-state index in [9.17, 15) is 8.78 Å². The van der Waals surface area contributed by atoms with Gasteiger partial charge in [0.15, 0.2) is 0 Å². The molecule has 0 radical (unpaired) electrons. The van der Waals surface area contributed by atoms with Crippen LogP contribution >= 0.6 is 0 Å². The van der Waals surface area contributed by atoms with E-state index in [4.69, 9.17) is 0 Å². The van der Waals surface area contributed by atoms with Crippen molar-refractivity contribution in [2.24, 2.45) is 0 Å². The average molecular weight is 205 g/mol. The zero-order chi connectivity index (χ0) is 10.8. The van der Waals surface area contributed by atoms with Crippen LogP contribution in [0, 0.1) is 18.6 Å². The lowest BCUT2D eigenvalue weighted by atomic mass is 10.1. The fourth-order valence-corrected chi connectivity index (χ4v) is 1.43. The Morgan fingerprint density at radius 1 is 1.07 bits per heavy atom. The van der Waals surface area contributed by atoms with Gasteiger partial charge in [0.25, 0.3) is 0 Å². The number of benzene rings is 1. The van der Waals surface area contributed by atoms with E-state index in [1.807, 2.05) is 13.0 Å². The van der Waals surface area contributed by atoms with Crippen LogP contribution in [-0.4, -0.2) is 4.98 Å². The number of hydrogen-bond acceptors (Lipinski definition) is 1. The first-order valence-corrected chi connectivity index (χ1v) is 4.54. The predicted molar refractivity (Wildman–Crippen MR) is 54.3 cm³/mol. The van der Waals surface area contributed by atoms with Crippen molar-refractivity contribution in [1.82, 2.24) is 4.98 Å². The molecule has 0 unspecified atom stereocenters. The van der Waals surface area contributed by atoms with Crippen LogP contribution in [0.5, 0.6) is 0 Å². The summed E-state index contributed by atoms with van der Waals surface area (Å²) in [7, 11) is 0. The van der Waals surface area contributed by atoms with E-state index in [0.29, 0.717) is 11.1 Å². The molecular formula is C12H9F2N. The summed E-state index contributed by atoms with van der Waals surface area (Å²) in [5.41, 5.74) is 1.97. The van der Waals surface area contributed by atoms with Gasteiger partial charge in [0, 0.05) is 29.6 Å². The fourth-order valence-electron chi connectivity index (χ4n) is 1.43. The molecule has 0 amide bonds. The molecule has 76 valence electrons. The Morgan fingerprint density at radius 3 is 2.53 bits per heavy atom. The molecule has 0 saturated carbocycles. The first-order valence-electron chi connectivity index (χ1n) is 4.54. The maximum atomic E-state index is 13.4. The lowest BCUT2D eigenvalue weighted by molar-refractivity contribution is 0.585. The fraction of sp³-hybridized carbons (Fsp3) is 0.0833. The van der Waals surface area contributed by atoms with Crippen LogP contribution in [-0.2, 0) is 0 Å². The van der Waals surface area contributed by atoms with Crippen LogP contribution in [0.15, 0.2) is 36.7 Å². The molecule has 0 saturated heterocycles. The molecule has 15 heavy (non-hydrogen) atoms. The Morgan fingerprint density at radius 2 is 1.87 bits per heavy atom. The molecule has 0 aliphatic heterocycles. The predicted octanol–water partition coefficient (Wildman–Crippen LogP) is 3.34. The van der Waals surface area contributed by atoms with Gasteiger partial charge in [0.2, 0.25) is 0 Å². The van der Waals surface area contributed by atoms with Crippen LogP contribution in [0.25, 0.3) is 11.1 Å². The SMILES string of the molecule is Cc1cncc(-c2ccc(F)cc2F)c1. The van der Waals surface area contributed by atoms with E-state index < -0.39 is 11.6 Å². The Hall–Kier alpha value is -1.77. The third-order valence-electron chi connectivity index (χ3n) is 2.12. The monoisotopic (exact) mass is 205 g/mol. The molecule has 2 aromatic rings. The quantitative estimate of drug-likeness (QED) is 0.695. The van der Waals surface area contributed by atoms with E-state index in [1.165, 1.54) is 12.1 Å². The summed E-state index contributed by atoms with van der Waals surface area (Å²) < 4.78 is 26.1. The van der Waals surface area contributed by atoms with Gasteiger partial charge in [-0.1, -0.05) is 0 Å². The third-order valence-corrected chi connectivity index (χ3v) is 2.12. The molecule has 0 aliphatic rings. The summed E-state index contributed by atoms with van der Waals surface area (Å²) in [6.45, 7) is 1.87. The maximum absolute atomic E-state index is 13.4. The van der Waals surface area contributed by atoms with Crippen molar-refractivity contribution in [1.29, 1.82) is 0 Å². The molecule has 1 aromatic heterocycles. The Bertz CT molecular complexity index is 495. The van der Waals surface area contributed by atoms with Crippen LogP contribution in [0.1, 0.15) is 5.56 Å². The molecule has 1 heterocycles. The number of halogens is 2. The van der Waals surface area contributed by atoms with Crippen molar-refractivity contribution in [3.05, 3.63) is 53.9 Å². The highest BCUT2D eigenvalue weighted by atomic mass is 19.1. The van der Waals surface area contributed by atoms with Gasteiger partial charge < -0.3 is 0 Å². The van der Waals surface area contributed by atoms with Gasteiger partial charge in [0.05, 0.1) is 0 Å². The topological polar surface area (TPSA) is 12.9 Å². The van der Waals surface area contributed by atoms with Crippen molar-refractivity contribution < 1.29 is 8.78 Å². The van der Waals surface area contributed by atoms with Gasteiger partial charge in [-0.05, 0) is 30.7 Å². The highest BCUT2D eigenvalue weighted by Crippen LogP contribution is 2.23. The Balaban J connectivity index is 2.54. The van der Waals surface area contributed by atoms with Gasteiger partial charge in [0.1, 0.15) is 11.6 Å². The van der Waals surface area contributed by atoms with Gasteiger partial charge >= 0.3 is 0 Å². The molecule has 1 aromatic carbocycles. The largest absolute Gasteiger partial charge is 0.264 e. The zero-order valence-electron chi connectivity index (χ0n) is 8.17. The lowest BCUT2D eigenvalue weighted by Gasteiger charge is -2.03. The van der Waals surface area contributed by atoms with Crippen molar-refractivity contribution in [2.45, 2.75) is 6.92 Å². The minimum atomic E-state index is -0.572. The average Bonchev–Trinajstić information content (AvgIpc) is 2.17. The summed E-state index contributed by atoms with van der Waals surface area (Å²) in [4.78, 5) is 3.96. The molecule has 2 rings (SSSR count). The normalized spacial score (nSPS) is 10.3. The molecular weight excluding hydrogens is 196 g/mol. The van der Waals surface area contributed by atoms with Gasteiger partial charge in [-0.3, -0.25) is 4.98 Å². The van der Waals surface area contributed by atoms with E-state index in [-0.39, 0.29) is 0 Å². The number of rotatable bonds is 1. The van der Waals surface area contributed by atoms with Crippen LogP contribution in [0.4, 0.5) is 8.78 Å². The van der Waals surface area contributed by atoms with Crippen molar-refractivity contribution in [3.63, 3.8) is 0 Å². The number of pyridine rings is 1. The van der Waals surface area contributed by atoms with Crippen molar-refractivity contribution >= 4 is 0 Å². The Labute approximate surface area is 86.4 Å². The van der Waals surface area contributed by atoms with E-state index in [2.05, 4.69) is 4.98 Å². The van der Waals surface area contributed by atoms with Crippen LogP contribution in [0.3, 0.4) is 0 Å². The first-order chi connectivity index (χ1) is 7.16. The first kappa shape index (κ1) is 9.77. The highest BCUT2D eigenvalue weighted by molar-refractivity contribution is 5.63. The summed E-state index contributed by atoms with van der Waals surface area (Å²) in [5.74, 6) is -1.14. The minimum Gasteiger partial charge on any atom is -0.264 e. The summed E-state index contributed by atoms with van der Waals surface area (Å²) in [6, 6.07) is 5.34. The molecule has 3 heteroatoms. The second-order valence-electron chi connectivity index (χ2n) is 3.38. The van der Waals surface area contributed by atoms with Crippen molar-refractivity contribution in [2.75, 3.05) is 0 Å². The van der Waals surface area contributed by atoms with Gasteiger partial charge in [-0.2, -0.15) is 0 Å². The third kappa shape index (κ3) is 2.01. The molecule has 0 bridgehead atoms. The number of aromatic nitrogens is 1. The van der Waals surface area contributed by atoms with E-state index in [1.54, 1.807) is 12.4 Å². The molecule has 0 fully saturated rings. The summed E-state index contributed by atoms with van der Waals surface area (Å²) in [6.07, 6.45) is 3.24. The second kappa shape index (κ2) is 3.77. The van der Waals surface area contributed by atoms with Crippen molar-refractivity contribution in [3.8, 4) is 11.1 Å². The summed E-state index contributed by atoms with van der Waals surface area (Å²) >= 11 is 0. The molecule has 1 nitrogen and oxygen atoms in total. The smallest absolute Gasteiger partial charge is 0.133 e. The Kier molecular flexibility index (Phi) is 2.46. The highest BCUT2D eigenvalue weighted by Gasteiger charge is 2.06. The maximum Gasteiger partial charge on any atom is 0.133 e. The lowest BCUT2D eigenvalue weighted by Crippen LogP contribution is -1.88. The number of nitrogens with zero attached hydrogens (tertiary/aromatic N) is 1. The van der Waals surface area contributed by atoms with E-state index >= 15 is 0 Å². The molecule has 0 spiro atoms. The number of hydrogen-bond donors (Lipinski definition) is 0. The zero-order valence-corrected chi connectivity index (χ0v) is 8.17. The van der Waals surface area contributed by atoms with Crippen LogP contribution < -0.4 is 0 Å². The minimum absolute atomic E-state index is 0.368. The number of aryl methyl sites for hydroxylation is 1. The van der Waals surface area contributed by atoms with E-state index in [0.717, 1.165) is 11.6 Å². The molecule has 0 atom stereocenters. The molecule has 0 N–H and O–H groups in total. The summed E-state index contributed by atoms with van der Waals surface area (Å²) in [5, 5.41) is 0.